The highest BCUT2D eigenvalue weighted by Crippen LogP contribution is 2.44. The molecule has 0 bridgehead atoms. The first kappa shape index (κ1) is 25.8. The van der Waals surface area contributed by atoms with Gasteiger partial charge >= 0.3 is 0 Å². The Labute approximate surface area is 238 Å². The topological polar surface area (TPSA) is 42.3 Å². The van der Waals surface area contributed by atoms with Crippen LogP contribution in [0.4, 0.5) is 10.1 Å². The second-order valence-electron chi connectivity index (χ2n) is 10.0. The molecule has 5 aromatic rings. The number of anilines is 1. The van der Waals surface area contributed by atoms with Crippen LogP contribution in [0.25, 0.3) is 5.69 Å². The highest BCUT2D eigenvalue weighted by molar-refractivity contribution is 7.80. The molecule has 1 saturated heterocycles. The first-order chi connectivity index (χ1) is 19.4. The van der Waals surface area contributed by atoms with E-state index in [1.165, 1.54) is 11.6 Å². The van der Waals surface area contributed by atoms with E-state index >= 15 is 0 Å². The summed E-state index contributed by atoms with van der Waals surface area (Å²) in [5.41, 5.74) is 6.92. The maximum atomic E-state index is 14.2. The minimum atomic E-state index is -0.267. The van der Waals surface area contributed by atoms with Crippen LogP contribution in [0.2, 0.25) is 0 Å². The van der Waals surface area contributed by atoms with E-state index in [-0.39, 0.29) is 17.9 Å². The lowest BCUT2D eigenvalue weighted by molar-refractivity contribution is 0.482. The van der Waals surface area contributed by atoms with Crippen molar-refractivity contribution in [3.8, 4) is 17.2 Å². The molecule has 200 valence electrons. The molecule has 5 nitrogen and oxygen atoms in total. The summed E-state index contributed by atoms with van der Waals surface area (Å²) in [4.78, 5) is 6.81. The van der Waals surface area contributed by atoms with E-state index in [4.69, 9.17) is 17.0 Å². The lowest BCUT2D eigenvalue weighted by atomic mass is 9.96. The Hall–Kier alpha value is -4.49. The van der Waals surface area contributed by atoms with Crippen molar-refractivity contribution in [1.82, 2.24) is 14.9 Å². The van der Waals surface area contributed by atoms with Crippen LogP contribution in [0, 0.1) is 26.6 Å². The Bertz CT molecular complexity index is 1670. The SMILES string of the molecule is Cc1ccc(Oc2ccc(N3C(=S)NC(c4ccccn4)C3c3cc(C)n(-c4cccc(F)c4)c3C)cc2)cc1. The molecule has 2 unspecified atom stereocenters. The molecule has 40 heavy (non-hydrogen) atoms. The monoisotopic (exact) mass is 548 g/mol. The molecule has 1 aliphatic rings. The van der Waals surface area contributed by atoms with E-state index in [2.05, 4.69) is 39.7 Å². The van der Waals surface area contributed by atoms with Crippen LogP contribution in [0.5, 0.6) is 11.5 Å². The van der Waals surface area contributed by atoms with E-state index in [0.717, 1.165) is 45.5 Å². The molecule has 0 saturated carbocycles. The Kier molecular flexibility index (Phi) is 6.82. The molecule has 2 atom stereocenters. The fourth-order valence-electron chi connectivity index (χ4n) is 5.47. The Morgan fingerprint density at radius 1 is 0.825 bits per heavy atom. The van der Waals surface area contributed by atoms with Crippen molar-refractivity contribution in [2.45, 2.75) is 32.9 Å². The first-order valence-electron chi connectivity index (χ1n) is 13.2. The van der Waals surface area contributed by atoms with Crippen molar-refractivity contribution in [2.24, 2.45) is 0 Å². The number of aromatic nitrogens is 2. The molecule has 3 aromatic carbocycles. The van der Waals surface area contributed by atoms with Gasteiger partial charge in [0.05, 0.1) is 17.8 Å². The largest absolute Gasteiger partial charge is 0.457 e. The fraction of sp³-hybridized carbons (Fsp3) is 0.152. The van der Waals surface area contributed by atoms with E-state index < -0.39 is 0 Å². The number of halogens is 1. The van der Waals surface area contributed by atoms with Gasteiger partial charge in [0.1, 0.15) is 17.3 Å². The molecule has 1 fully saturated rings. The summed E-state index contributed by atoms with van der Waals surface area (Å²) in [6.45, 7) is 6.16. The maximum absolute atomic E-state index is 14.2. The van der Waals surface area contributed by atoms with Crippen molar-refractivity contribution in [1.29, 1.82) is 0 Å². The van der Waals surface area contributed by atoms with Crippen LogP contribution in [0.1, 0.15) is 40.3 Å². The first-order valence-corrected chi connectivity index (χ1v) is 13.6. The summed E-state index contributed by atoms with van der Waals surface area (Å²) in [5, 5.41) is 4.14. The summed E-state index contributed by atoms with van der Waals surface area (Å²) in [6, 6.07) is 30.3. The number of ether oxygens (including phenoxy) is 1. The summed E-state index contributed by atoms with van der Waals surface area (Å²) in [6.07, 6.45) is 1.80. The molecule has 7 heteroatoms. The standard InChI is InChI=1S/C33H29FN4OS/c1-21-10-14-27(15-11-21)39-28-16-12-25(13-17-28)38-32(31(36-33(38)40)30-9-4-5-18-35-30)29-19-22(2)37(23(29)3)26-8-6-7-24(34)20-26/h4-20,31-32H,1-3H3,(H,36,40). The molecule has 1 N–H and O–H groups in total. The average Bonchev–Trinajstić information content (AvgIpc) is 3.45. The fourth-order valence-corrected chi connectivity index (χ4v) is 5.81. The normalized spacial score (nSPS) is 16.7. The second-order valence-corrected chi connectivity index (χ2v) is 10.4. The zero-order valence-electron chi connectivity index (χ0n) is 22.5. The van der Waals surface area contributed by atoms with E-state index in [1.807, 2.05) is 79.7 Å². The summed E-state index contributed by atoms with van der Waals surface area (Å²) in [5.74, 6) is 1.26. The van der Waals surface area contributed by atoms with Crippen molar-refractivity contribution >= 4 is 23.0 Å². The van der Waals surface area contributed by atoms with Crippen LogP contribution in [-0.4, -0.2) is 14.7 Å². The predicted molar refractivity (Wildman–Crippen MR) is 161 cm³/mol. The van der Waals surface area contributed by atoms with Gasteiger partial charge in [-0.15, -0.1) is 0 Å². The van der Waals surface area contributed by atoms with Crippen molar-refractivity contribution in [2.75, 3.05) is 4.90 Å². The van der Waals surface area contributed by atoms with Crippen LogP contribution in [-0.2, 0) is 0 Å². The molecule has 0 aliphatic carbocycles. The Morgan fingerprint density at radius 2 is 1.55 bits per heavy atom. The lowest BCUT2D eigenvalue weighted by Crippen LogP contribution is -2.29. The van der Waals surface area contributed by atoms with Gasteiger partial charge in [-0.25, -0.2) is 4.39 Å². The average molecular weight is 549 g/mol. The number of nitrogens with one attached hydrogen (secondary N) is 1. The number of benzene rings is 3. The molecular formula is C33H29FN4OS. The molecule has 0 radical (unpaired) electrons. The van der Waals surface area contributed by atoms with Gasteiger partial charge in [0.2, 0.25) is 0 Å². The van der Waals surface area contributed by atoms with Crippen molar-refractivity contribution < 1.29 is 9.13 Å². The van der Waals surface area contributed by atoms with Gasteiger partial charge in [-0.3, -0.25) is 4.98 Å². The summed E-state index contributed by atoms with van der Waals surface area (Å²) >= 11 is 5.92. The van der Waals surface area contributed by atoms with Crippen LogP contribution in [0.15, 0.2) is 103 Å². The lowest BCUT2D eigenvalue weighted by Gasteiger charge is -2.28. The number of hydrogen-bond acceptors (Lipinski definition) is 3. The summed E-state index contributed by atoms with van der Waals surface area (Å²) < 4.78 is 22.3. The highest BCUT2D eigenvalue weighted by Gasteiger charge is 2.42. The van der Waals surface area contributed by atoms with Gasteiger partial charge < -0.3 is 19.5 Å². The molecule has 2 aromatic heterocycles. The molecule has 0 spiro atoms. The van der Waals surface area contributed by atoms with Crippen LogP contribution >= 0.6 is 12.2 Å². The number of aryl methyl sites for hydroxylation is 2. The Morgan fingerprint density at radius 3 is 2.23 bits per heavy atom. The van der Waals surface area contributed by atoms with Crippen LogP contribution < -0.4 is 15.0 Å². The number of thiocarbonyl (C=S) groups is 1. The van der Waals surface area contributed by atoms with Gasteiger partial charge in [-0.1, -0.05) is 29.8 Å². The minimum Gasteiger partial charge on any atom is -0.457 e. The quantitative estimate of drug-likeness (QED) is 0.219. The van der Waals surface area contributed by atoms with E-state index in [0.29, 0.717) is 5.11 Å². The predicted octanol–water partition coefficient (Wildman–Crippen LogP) is 7.91. The number of pyridine rings is 1. The molecule has 3 heterocycles. The van der Waals surface area contributed by atoms with E-state index in [1.54, 1.807) is 18.3 Å². The Balaban J connectivity index is 1.41. The zero-order valence-corrected chi connectivity index (χ0v) is 23.3. The van der Waals surface area contributed by atoms with Gasteiger partial charge in [0, 0.05) is 29.0 Å². The van der Waals surface area contributed by atoms with Crippen molar-refractivity contribution in [3.63, 3.8) is 0 Å². The molecule has 0 amide bonds. The smallest absolute Gasteiger partial charge is 0.174 e. The summed E-state index contributed by atoms with van der Waals surface area (Å²) in [7, 11) is 0. The number of rotatable bonds is 6. The molecule has 1 aliphatic heterocycles. The molecule has 6 rings (SSSR count). The second kappa shape index (κ2) is 10.6. The third kappa shape index (κ3) is 4.84. The third-order valence-electron chi connectivity index (χ3n) is 7.32. The maximum Gasteiger partial charge on any atom is 0.174 e. The van der Waals surface area contributed by atoms with Gasteiger partial charge in [-0.2, -0.15) is 0 Å². The van der Waals surface area contributed by atoms with Gasteiger partial charge in [0.25, 0.3) is 0 Å². The highest BCUT2D eigenvalue weighted by atomic mass is 32.1. The van der Waals surface area contributed by atoms with Crippen molar-refractivity contribution in [3.05, 3.63) is 137 Å². The zero-order chi connectivity index (χ0) is 27.8. The number of hydrogen-bond donors (Lipinski definition) is 1. The van der Waals surface area contributed by atoms with Gasteiger partial charge in [-0.05, 0) is 111 Å². The minimum absolute atomic E-state index is 0.181. The number of nitrogens with zero attached hydrogens (tertiary/aromatic N) is 3. The molecular weight excluding hydrogens is 519 g/mol. The van der Waals surface area contributed by atoms with E-state index in [9.17, 15) is 4.39 Å². The third-order valence-corrected chi connectivity index (χ3v) is 7.64. The van der Waals surface area contributed by atoms with Crippen LogP contribution in [0.3, 0.4) is 0 Å². The van der Waals surface area contributed by atoms with Gasteiger partial charge in [0.15, 0.2) is 5.11 Å².